The summed E-state index contributed by atoms with van der Waals surface area (Å²) in [5.41, 5.74) is 15.2. The highest BCUT2D eigenvalue weighted by Crippen LogP contribution is 2.45. The van der Waals surface area contributed by atoms with Crippen LogP contribution in [-0.4, -0.2) is 21.7 Å². The number of aromatic nitrogens is 3. The number of nitrogens with one attached hydrogen (secondary N) is 2. The molecule has 3 heterocycles. The van der Waals surface area contributed by atoms with E-state index < -0.39 is 0 Å². The van der Waals surface area contributed by atoms with E-state index in [4.69, 9.17) is 10.8 Å². The van der Waals surface area contributed by atoms with Crippen LogP contribution < -0.4 is 16.0 Å². The first kappa shape index (κ1) is 20.7. The first-order valence-electron chi connectivity index (χ1n) is 11.9. The fraction of sp³-hybridized carbons (Fsp3) is 0.214. The molecule has 0 fully saturated rings. The molecule has 0 aliphatic carbocycles. The maximum Gasteiger partial charge on any atom is 0.146 e. The summed E-state index contributed by atoms with van der Waals surface area (Å²) in [4.78, 5) is 6.86. The predicted molar refractivity (Wildman–Crippen MR) is 140 cm³/mol. The maximum atomic E-state index is 6.17. The smallest absolute Gasteiger partial charge is 0.146 e. The van der Waals surface area contributed by atoms with Crippen molar-refractivity contribution in [1.29, 1.82) is 0 Å². The first-order chi connectivity index (χ1) is 16.7. The van der Waals surface area contributed by atoms with Crippen molar-refractivity contribution >= 4 is 33.1 Å². The lowest BCUT2D eigenvalue weighted by Crippen LogP contribution is -2.29. The van der Waals surface area contributed by atoms with Gasteiger partial charge in [0.15, 0.2) is 0 Å². The number of aromatic amines is 1. The van der Waals surface area contributed by atoms with Gasteiger partial charge in [-0.25, -0.2) is 0 Å². The normalized spacial score (nSPS) is 15.1. The number of aryl methyl sites for hydroxylation is 1. The SMILES string of the molecule is CCc1cc(CN)c2c(c1)NC(c1n[nH]c3ccc(-c4cncc5ccccc45)cc13)N2CC. The molecule has 6 rings (SSSR count). The van der Waals surface area contributed by atoms with E-state index in [0.717, 1.165) is 51.8 Å². The van der Waals surface area contributed by atoms with E-state index >= 15 is 0 Å². The molecular weight excluding hydrogens is 420 g/mol. The van der Waals surface area contributed by atoms with E-state index in [1.807, 2.05) is 18.5 Å². The number of fused-ring (bicyclic) bond motifs is 3. The first-order valence-corrected chi connectivity index (χ1v) is 11.9. The molecule has 170 valence electrons. The van der Waals surface area contributed by atoms with Crippen LogP contribution >= 0.6 is 0 Å². The molecule has 0 amide bonds. The minimum Gasteiger partial charge on any atom is -0.358 e. The molecule has 4 N–H and O–H groups in total. The van der Waals surface area contributed by atoms with Gasteiger partial charge in [-0.05, 0) is 53.6 Å². The Balaban J connectivity index is 1.48. The minimum absolute atomic E-state index is 0.0629. The standard InChI is InChI=1S/C28H28N6/c1-3-17-11-20(14-29)27-25(12-17)31-28(34(27)4-2)26-22-13-18(9-10-24(22)32-33-26)23-16-30-15-19-7-5-6-8-21(19)23/h5-13,15-16,28,31H,3-4,14,29H2,1-2H3,(H,32,33). The number of rotatable bonds is 5. The van der Waals surface area contributed by atoms with E-state index in [9.17, 15) is 0 Å². The third-order valence-electron chi connectivity index (χ3n) is 6.94. The van der Waals surface area contributed by atoms with Crippen molar-refractivity contribution in [1.82, 2.24) is 15.2 Å². The number of nitrogens with two attached hydrogens (primary N) is 1. The number of hydrogen-bond acceptors (Lipinski definition) is 5. The molecule has 0 bridgehead atoms. The maximum absolute atomic E-state index is 6.17. The van der Waals surface area contributed by atoms with E-state index in [2.05, 4.69) is 82.7 Å². The summed E-state index contributed by atoms with van der Waals surface area (Å²) in [6, 6.07) is 19.4. The van der Waals surface area contributed by atoms with Crippen LogP contribution in [0.4, 0.5) is 11.4 Å². The van der Waals surface area contributed by atoms with Crippen LogP contribution in [0.5, 0.6) is 0 Å². The van der Waals surface area contributed by atoms with Crippen LogP contribution in [0.2, 0.25) is 0 Å². The Morgan fingerprint density at radius 3 is 2.71 bits per heavy atom. The molecule has 5 aromatic rings. The van der Waals surface area contributed by atoms with Gasteiger partial charge in [-0.15, -0.1) is 0 Å². The lowest BCUT2D eigenvalue weighted by atomic mass is 9.99. The van der Waals surface area contributed by atoms with Gasteiger partial charge in [0.2, 0.25) is 0 Å². The molecule has 1 aliphatic rings. The number of hydrogen-bond donors (Lipinski definition) is 3. The summed E-state index contributed by atoms with van der Waals surface area (Å²) in [5.74, 6) is 0. The molecule has 1 unspecified atom stereocenters. The third-order valence-corrected chi connectivity index (χ3v) is 6.94. The summed E-state index contributed by atoms with van der Waals surface area (Å²) in [7, 11) is 0. The molecule has 0 radical (unpaired) electrons. The zero-order valence-electron chi connectivity index (χ0n) is 19.5. The number of pyridine rings is 1. The average Bonchev–Trinajstić information content (AvgIpc) is 3.48. The van der Waals surface area contributed by atoms with Crippen LogP contribution in [0.1, 0.15) is 36.8 Å². The van der Waals surface area contributed by atoms with Gasteiger partial charge in [-0.3, -0.25) is 10.1 Å². The Morgan fingerprint density at radius 2 is 1.88 bits per heavy atom. The van der Waals surface area contributed by atoms with Crippen molar-refractivity contribution in [3.63, 3.8) is 0 Å². The lowest BCUT2D eigenvalue weighted by Gasteiger charge is -2.25. The monoisotopic (exact) mass is 448 g/mol. The molecule has 0 saturated carbocycles. The third kappa shape index (κ3) is 3.14. The fourth-order valence-electron chi connectivity index (χ4n) is 5.24. The molecule has 6 heteroatoms. The number of benzene rings is 3. The fourth-order valence-corrected chi connectivity index (χ4v) is 5.24. The highest BCUT2D eigenvalue weighted by atomic mass is 15.3. The topological polar surface area (TPSA) is 82.9 Å². The van der Waals surface area contributed by atoms with Crippen LogP contribution in [-0.2, 0) is 13.0 Å². The second-order valence-electron chi connectivity index (χ2n) is 8.82. The van der Waals surface area contributed by atoms with Crippen molar-refractivity contribution in [2.24, 2.45) is 5.73 Å². The summed E-state index contributed by atoms with van der Waals surface area (Å²) in [5, 5.41) is 15.2. The summed E-state index contributed by atoms with van der Waals surface area (Å²) in [6.07, 6.45) is 4.78. The van der Waals surface area contributed by atoms with Crippen molar-refractivity contribution in [3.8, 4) is 11.1 Å². The van der Waals surface area contributed by atoms with Gasteiger partial charge >= 0.3 is 0 Å². The number of H-pyrrole nitrogens is 1. The second kappa shape index (κ2) is 8.15. The number of nitrogens with zero attached hydrogens (tertiary/aromatic N) is 3. The van der Waals surface area contributed by atoms with E-state index in [1.165, 1.54) is 22.2 Å². The van der Waals surface area contributed by atoms with Gasteiger partial charge in [0.05, 0.1) is 16.9 Å². The largest absolute Gasteiger partial charge is 0.358 e. The van der Waals surface area contributed by atoms with Gasteiger partial charge in [-0.2, -0.15) is 5.10 Å². The van der Waals surface area contributed by atoms with Gasteiger partial charge in [0, 0.05) is 41.8 Å². The van der Waals surface area contributed by atoms with Gasteiger partial charge < -0.3 is 16.0 Å². The Morgan fingerprint density at radius 1 is 1.00 bits per heavy atom. The molecule has 3 aromatic carbocycles. The molecular formula is C28H28N6. The minimum atomic E-state index is -0.0629. The Hall–Kier alpha value is -3.90. The van der Waals surface area contributed by atoms with Crippen LogP contribution in [0.15, 0.2) is 67.0 Å². The van der Waals surface area contributed by atoms with Crippen LogP contribution in [0.25, 0.3) is 32.8 Å². The molecule has 2 aromatic heterocycles. The zero-order valence-corrected chi connectivity index (χ0v) is 19.5. The van der Waals surface area contributed by atoms with E-state index in [-0.39, 0.29) is 6.17 Å². The molecule has 34 heavy (non-hydrogen) atoms. The zero-order chi connectivity index (χ0) is 23.2. The quantitative estimate of drug-likeness (QED) is 0.319. The van der Waals surface area contributed by atoms with Crippen molar-refractivity contribution < 1.29 is 0 Å². The highest BCUT2D eigenvalue weighted by molar-refractivity contribution is 5.98. The van der Waals surface area contributed by atoms with Crippen LogP contribution in [0, 0.1) is 0 Å². The lowest BCUT2D eigenvalue weighted by molar-refractivity contribution is 0.710. The number of anilines is 2. The molecule has 1 atom stereocenters. The molecule has 0 saturated heterocycles. The highest BCUT2D eigenvalue weighted by Gasteiger charge is 2.33. The van der Waals surface area contributed by atoms with Crippen molar-refractivity contribution in [2.75, 3.05) is 16.8 Å². The summed E-state index contributed by atoms with van der Waals surface area (Å²) >= 11 is 0. The van der Waals surface area contributed by atoms with E-state index in [1.54, 1.807) is 0 Å². The van der Waals surface area contributed by atoms with Gasteiger partial charge in [0.1, 0.15) is 11.9 Å². The van der Waals surface area contributed by atoms with Crippen molar-refractivity contribution in [3.05, 3.63) is 83.8 Å². The van der Waals surface area contributed by atoms with Crippen molar-refractivity contribution in [2.45, 2.75) is 33.0 Å². The summed E-state index contributed by atoms with van der Waals surface area (Å²) in [6.45, 7) is 5.72. The Kier molecular flexibility index (Phi) is 4.96. The molecule has 1 aliphatic heterocycles. The Bertz CT molecular complexity index is 1510. The predicted octanol–water partition coefficient (Wildman–Crippen LogP) is 5.75. The Labute approximate surface area is 198 Å². The molecule has 6 nitrogen and oxygen atoms in total. The average molecular weight is 449 g/mol. The van der Waals surface area contributed by atoms with Gasteiger partial charge in [-0.1, -0.05) is 43.3 Å². The van der Waals surface area contributed by atoms with E-state index in [0.29, 0.717) is 6.54 Å². The molecule has 0 spiro atoms. The van der Waals surface area contributed by atoms with Crippen LogP contribution in [0.3, 0.4) is 0 Å². The van der Waals surface area contributed by atoms with Gasteiger partial charge in [0.25, 0.3) is 0 Å². The summed E-state index contributed by atoms with van der Waals surface area (Å²) < 4.78 is 0. The second-order valence-corrected chi connectivity index (χ2v) is 8.82.